The highest BCUT2D eigenvalue weighted by atomic mass is 35.5. The third kappa shape index (κ3) is 2.54. The lowest BCUT2D eigenvalue weighted by molar-refractivity contribution is 0.479. The number of alkyl halides is 1. The summed E-state index contributed by atoms with van der Waals surface area (Å²) in [4.78, 5) is 4.32. The van der Waals surface area contributed by atoms with E-state index in [1.807, 2.05) is 54.6 Å². The summed E-state index contributed by atoms with van der Waals surface area (Å²) in [6, 6.07) is 17.6. The van der Waals surface area contributed by atoms with Crippen LogP contribution in [0.1, 0.15) is 5.56 Å². The molecule has 0 amide bonds. The monoisotopic (exact) mass is 269 g/mol. The number of nitrogens with zero attached hydrogens (tertiary/aromatic N) is 1. The van der Waals surface area contributed by atoms with Gasteiger partial charge in [0.2, 0.25) is 0 Å². The second-order valence-corrected chi connectivity index (χ2v) is 4.47. The molecular formula is C16H12ClNO. The molecule has 0 aliphatic rings. The molecule has 0 radical (unpaired) electrons. The lowest BCUT2D eigenvalue weighted by atomic mass is 10.2. The number of fused-ring (bicyclic) bond motifs is 1. The van der Waals surface area contributed by atoms with E-state index in [4.69, 9.17) is 16.3 Å². The Morgan fingerprint density at radius 2 is 1.89 bits per heavy atom. The Morgan fingerprint density at radius 3 is 2.79 bits per heavy atom. The van der Waals surface area contributed by atoms with Crippen LogP contribution in [0, 0.1) is 0 Å². The average Bonchev–Trinajstić information content (AvgIpc) is 2.48. The molecule has 0 atom stereocenters. The summed E-state index contributed by atoms with van der Waals surface area (Å²) >= 11 is 5.90. The third-order valence-corrected chi connectivity index (χ3v) is 3.21. The van der Waals surface area contributed by atoms with Gasteiger partial charge in [0.15, 0.2) is 0 Å². The molecule has 0 bridgehead atoms. The lowest BCUT2D eigenvalue weighted by Gasteiger charge is -2.09. The van der Waals surface area contributed by atoms with Gasteiger partial charge in [0.25, 0.3) is 0 Å². The molecule has 0 unspecified atom stereocenters. The summed E-state index contributed by atoms with van der Waals surface area (Å²) in [6.07, 6.45) is 1.78. The minimum absolute atomic E-state index is 0.433. The van der Waals surface area contributed by atoms with Crippen molar-refractivity contribution in [2.45, 2.75) is 5.88 Å². The van der Waals surface area contributed by atoms with E-state index in [2.05, 4.69) is 4.98 Å². The molecule has 0 aliphatic heterocycles. The molecule has 3 heteroatoms. The maximum absolute atomic E-state index is 5.90. The van der Waals surface area contributed by atoms with Crippen LogP contribution in [0.5, 0.6) is 11.5 Å². The van der Waals surface area contributed by atoms with Crippen LogP contribution in [0.2, 0.25) is 0 Å². The molecule has 1 aromatic heterocycles. The van der Waals surface area contributed by atoms with Crippen molar-refractivity contribution in [2.24, 2.45) is 0 Å². The van der Waals surface area contributed by atoms with Crippen molar-refractivity contribution < 1.29 is 4.74 Å². The van der Waals surface area contributed by atoms with Crippen LogP contribution in [0.25, 0.3) is 10.9 Å². The normalized spacial score (nSPS) is 10.6. The smallest absolute Gasteiger partial charge is 0.131 e. The third-order valence-electron chi connectivity index (χ3n) is 2.92. The first-order valence-electron chi connectivity index (χ1n) is 6.03. The Morgan fingerprint density at radius 1 is 1.00 bits per heavy atom. The van der Waals surface area contributed by atoms with Gasteiger partial charge in [0.05, 0.1) is 11.4 Å². The first kappa shape index (κ1) is 12.0. The molecule has 0 saturated carbocycles. The van der Waals surface area contributed by atoms with Crippen molar-refractivity contribution in [1.82, 2.24) is 4.98 Å². The summed E-state index contributed by atoms with van der Waals surface area (Å²) in [5.74, 6) is 1.98. The number of hydrogen-bond donors (Lipinski definition) is 0. The highest BCUT2D eigenvalue weighted by molar-refractivity contribution is 6.17. The van der Waals surface area contributed by atoms with Crippen molar-refractivity contribution >= 4 is 22.5 Å². The van der Waals surface area contributed by atoms with E-state index >= 15 is 0 Å². The predicted octanol–water partition coefficient (Wildman–Crippen LogP) is 4.77. The molecule has 1 heterocycles. The number of hydrogen-bond acceptors (Lipinski definition) is 2. The highest BCUT2D eigenvalue weighted by Crippen LogP contribution is 2.28. The fraction of sp³-hybridized carbons (Fsp3) is 0.0625. The van der Waals surface area contributed by atoms with Crippen LogP contribution in [0.4, 0.5) is 0 Å². The summed E-state index contributed by atoms with van der Waals surface area (Å²) in [5, 5.41) is 1.10. The summed E-state index contributed by atoms with van der Waals surface area (Å²) in [5.41, 5.74) is 1.90. The van der Waals surface area contributed by atoms with Gasteiger partial charge in [-0.1, -0.05) is 24.3 Å². The second kappa shape index (κ2) is 5.29. The van der Waals surface area contributed by atoms with Crippen molar-refractivity contribution in [1.29, 1.82) is 0 Å². The highest BCUT2D eigenvalue weighted by Gasteiger charge is 2.04. The van der Waals surface area contributed by atoms with Gasteiger partial charge in [0.1, 0.15) is 11.5 Å². The van der Waals surface area contributed by atoms with E-state index < -0.39 is 0 Å². The summed E-state index contributed by atoms with van der Waals surface area (Å²) < 4.78 is 5.88. The fourth-order valence-electron chi connectivity index (χ4n) is 1.95. The zero-order valence-electron chi connectivity index (χ0n) is 10.2. The van der Waals surface area contributed by atoms with Crippen molar-refractivity contribution in [3.63, 3.8) is 0 Å². The van der Waals surface area contributed by atoms with Gasteiger partial charge in [-0.25, -0.2) is 0 Å². The molecular weight excluding hydrogens is 258 g/mol. The van der Waals surface area contributed by atoms with E-state index in [0.29, 0.717) is 5.88 Å². The molecule has 0 N–H and O–H groups in total. The van der Waals surface area contributed by atoms with Crippen molar-refractivity contribution in [3.05, 3.63) is 66.4 Å². The molecule has 2 nitrogen and oxygen atoms in total. The number of halogens is 1. The Kier molecular flexibility index (Phi) is 3.34. The van der Waals surface area contributed by atoms with Gasteiger partial charge in [-0.2, -0.15) is 0 Å². The zero-order chi connectivity index (χ0) is 13.1. The SMILES string of the molecule is ClCc1ccccc1Oc1ccc2cccnc2c1. The quantitative estimate of drug-likeness (QED) is 0.639. The molecule has 94 valence electrons. The topological polar surface area (TPSA) is 22.1 Å². The number of para-hydroxylation sites is 1. The van der Waals surface area contributed by atoms with Gasteiger partial charge in [0, 0.05) is 23.2 Å². The van der Waals surface area contributed by atoms with Crippen LogP contribution in [-0.2, 0) is 5.88 Å². The molecule has 0 spiro atoms. The number of ether oxygens (including phenoxy) is 1. The molecule has 2 aromatic carbocycles. The van der Waals surface area contributed by atoms with Crippen LogP contribution >= 0.6 is 11.6 Å². The van der Waals surface area contributed by atoms with E-state index in [-0.39, 0.29) is 0 Å². The standard InChI is InChI=1S/C16H12ClNO/c17-11-13-4-1-2-6-16(13)19-14-8-7-12-5-3-9-18-15(12)10-14/h1-10H,11H2. The Balaban J connectivity index is 1.96. The number of pyridine rings is 1. The number of benzene rings is 2. The van der Waals surface area contributed by atoms with Crippen LogP contribution < -0.4 is 4.74 Å². The van der Waals surface area contributed by atoms with Gasteiger partial charge in [-0.05, 0) is 24.3 Å². The number of aromatic nitrogens is 1. The van der Waals surface area contributed by atoms with E-state index in [9.17, 15) is 0 Å². The van der Waals surface area contributed by atoms with Crippen molar-refractivity contribution in [2.75, 3.05) is 0 Å². The minimum atomic E-state index is 0.433. The van der Waals surface area contributed by atoms with Gasteiger partial charge >= 0.3 is 0 Å². The molecule has 0 fully saturated rings. The Bertz CT molecular complexity index is 712. The van der Waals surface area contributed by atoms with Gasteiger partial charge < -0.3 is 4.74 Å². The largest absolute Gasteiger partial charge is 0.457 e. The van der Waals surface area contributed by atoms with Crippen LogP contribution in [0.3, 0.4) is 0 Å². The van der Waals surface area contributed by atoms with E-state index in [0.717, 1.165) is 28.0 Å². The average molecular weight is 270 g/mol. The van der Waals surface area contributed by atoms with E-state index in [1.165, 1.54) is 0 Å². The second-order valence-electron chi connectivity index (χ2n) is 4.20. The molecule has 3 aromatic rings. The fourth-order valence-corrected chi connectivity index (χ4v) is 2.17. The van der Waals surface area contributed by atoms with Crippen molar-refractivity contribution in [3.8, 4) is 11.5 Å². The minimum Gasteiger partial charge on any atom is -0.457 e. The van der Waals surface area contributed by atoms with Crippen LogP contribution in [0.15, 0.2) is 60.8 Å². The maximum atomic E-state index is 5.90. The number of rotatable bonds is 3. The zero-order valence-corrected chi connectivity index (χ0v) is 11.0. The molecule has 19 heavy (non-hydrogen) atoms. The first-order valence-corrected chi connectivity index (χ1v) is 6.57. The molecule has 0 aliphatic carbocycles. The summed E-state index contributed by atoms with van der Waals surface area (Å²) in [6.45, 7) is 0. The Hall–Kier alpha value is -2.06. The predicted molar refractivity (Wildman–Crippen MR) is 77.8 cm³/mol. The van der Waals surface area contributed by atoms with Crippen LogP contribution in [-0.4, -0.2) is 4.98 Å². The maximum Gasteiger partial charge on any atom is 0.131 e. The molecule has 3 rings (SSSR count). The molecule has 0 saturated heterocycles. The van der Waals surface area contributed by atoms with Gasteiger partial charge in [-0.3, -0.25) is 4.98 Å². The lowest BCUT2D eigenvalue weighted by Crippen LogP contribution is -1.89. The Labute approximate surface area is 116 Å². The van der Waals surface area contributed by atoms with Gasteiger partial charge in [-0.15, -0.1) is 11.6 Å². The van der Waals surface area contributed by atoms with E-state index in [1.54, 1.807) is 6.20 Å². The first-order chi connectivity index (χ1) is 9.36. The summed E-state index contributed by atoms with van der Waals surface area (Å²) in [7, 11) is 0.